The highest BCUT2D eigenvalue weighted by Crippen LogP contribution is 2.27. The third kappa shape index (κ3) is 3.18. The molecule has 0 bridgehead atoms. The zero-order valence-corrected chi connectivity index (χ0v) is 12.4. The van der Waals surface area contributed by atoms with Crippen LogP contribution in [0, 0.1) is 0 Å². The number of nitrogens with two attached hydrogens (primary N) is 1. The Morgan fingerprint density at radius 3 is 2.60 bits per heavy atom. The summed E-state index contributed by atoms with van der Waals surface area (Å²) < 4.78 is 5.21. The molecular weight excluding hydrogens is 248 g/mol. The van der Waals surface area contributed by atoms with Gasteiger partial charge in [0.15, 0.2) is 0 Å². The number of methoxy groups -OCH3 is 1. The van der Waals surface area contributed by atoms with Crippen LogP contribution >= 0.6 is 0 Å². The topological polar surface area (TPSA) is 38.5 Å². The molecular formula is C17H24N2O. The van der Waals surface area contributed by atoms with Gasteiger partial charge in [-0.05, 0) is 22.9 Å². The molecule has 0 radical (unpaired) electrons. The van der Waals surface area contributed by atoms with Crippen LogP contribution in [0.4, 0.5) is 0 Å². The lowest BCUT2D eigenvalue weighted by Gasteiger charge is -2.30. The normalized spacial score (nSPS) is 13.0. The number of rotatable bonds is 7. The van der Waals surface area contributed by atoms with Crippen LogP contribution in [0.15, 0.2) is 42.5 Å². The van der Waals surface area contributed by atoms with E-state index in [0.29, 0.717) is 6.54 Å². The van der Waals surface area contributed by atoms with Gasteiger partial charge in [-0.2, -0.15) is 0 Å². The average Bonchev–Trinajstić information content (AvgIpc) is 2.51. The second-order valence-corrected chi connectivity index (χ2v) is 4.94. The number of hydrogen-bond donors (Lipinski definition) is 1. The zero-order chi connectivity index (χ0) is 14.4. The Morgan fingerprint density at radius 2 is 1.90 bits per heavy atom. The van der Waals surface area contributed by atoms with Crippen molar-refractivity contribution in [3.05, 3.63) is 48.0 Å². The first-order chi connectivity index (χ1) is 9.81. The maximum absolute atomic E-state index is 6.06. The Hall–Kier alpha value is -1.42. The number of ether oxygens (including phenoxy) is 1. The smallest absolute Gasteiger partial charge is 0.0589 e. The minimum Gasteiger partial charge on any atom is -0.383 e. The number of likely N-dealkylation sites (N-methyl/N-ethyl adjacent to an activating group) is 1. The standard InChI is InChI=1S/C17H24N2O/c1-3-19(11-12-20-2)17(13-18)16-10-6-8-14-7-4-5-9-15(14)16/h4-10,17H,3,11-13,18H2,1-2H3. The van der Waals surface area contributed by atoms with Crippen LogP contribution in [0.25, 0.3) is 10.8 Å². The minimum absolute atomic E-state index is 0.237. The van der Waals surface area contributed by atoms with E-state index in [2.05, 4.69) is 54.3 Å². The molecule has 0 aliphatic rings. The van der Waals surface area contributed by atoms with Crippen LogP contribution in [-0.4, -0.2) is 38.3 Å². The fourth-order valence-corrected chi connectivity index (χ4v) is 2.76. The van der Waals surface area contributed by atoms with Gasteiger partial charge in [0.05, 0.1) is 6.61 Å². The van der Waals surface area contributed by atoms with Gasteiger partial charge in [-0.1, -0.05) is 49.4 Å². The van der Waals surface area contributed by atoms with Crippen LogP contribution < -0.4 is 5.73 Å². The second kappa shape index (κ2) is 7.39. The van der Waals surface area contributed by atoms with Crippen LogP contribution in [-0.2, 0) is 4.74 Å². The number of hydrogen-bond acceptors (Lipinski definition) is 3. The van der Waals surface area contributed by atoms with Crippen molar-refractivity contribution in [2.75, 3.05) is 33.4 Å². The lowest BCUT2D eigenvalue weighted by atomic mass is 9.97. The predicted octanol–water partition coefficient (Wildman–Crippen LogP) is 2.81. The van der Waals surface area contributed by atoms with E-state index in [9.17, 15) is 0 Å². The molecule has 0 aliphatic carbocycles. The first kappa shape index (κ1) is 15.0. The van der Waals surface area contributed by atoms with E-state index in [1.807, 2.05) is 0 Å². The summed E-state index contributed by atoms with van der Waals surface area (Å²) in [5.41, 5.74) is 7.37. The molecule has 0 spiro atoms. The van der Waals surface area contributed by atoms with Gasteiger partial charge in [0.2, 0.25) is 0 Å². The average molecular weight is 272 g/mol. The summed E-state index contributed by atoms with van der Waals surface area (Å²) in [5.74, 6) is 0. The Morgan fingerprint density at radius 1 is 1.15 bits per heavy atom. The summed E-state index contributed by atoms with van der Waals surface area (Å²) in [6.45, 7) is 5.39. The quantitative estimate of drug-likeness (QED) is 0.842. The maximum Gasteiger partial charge on any atom is 0.0589 e. The molecule has 0 amide bonds. The molecule has 0 saturated carbocycles. The fourth-order valence-electron chi connectivity index (χ4n) is 2.76. The number of benzene rings is 2. The molecule has 3 heteroatoms. The molecule has 0 saturated heterocycles. The summed E-state index contributed by atoms with van der Waals surface area (Å²) in [4.78, 5) is 2.38. The van der Waals surface area contributed by atoms with Gasteiger partial charge in [-0.15, -0.1) is 0 Å². The van der Waals surface area contributed by atoms with Crippen molar-refractivity contribution in [2.24, 2.45) is 5.73 Å². The van der Waals surface area contributed by atoms with Gasteiger partial charge in [0.25, 0.3) is 0 Å². The highest BCUT2D eigenvalue weighted by Gasteiger charge is 2.19. The Balaban J connectivity index is 2.37. The highest BCUT2D eigenvalue weighted by molar-refractivity contribution is 5.86. The Labute approximate surface area is 121 Å². The first-order valence-corrected chi connectivity index (χ1v) is 7.22. The summed E-state index contributed by atoms with van der Waals surface area (Å²) in [6.07, 6.45) is 0. The fraction of sp³-hybridized carbons (Fsp3) is 0.412. The molecule has 1 unspecified atom stereocenters. The van der Waals surface area contributed by atoms with Crippen LogP contribution in [0.1, 0.15) is 18.5 Å². The summed E-state index contributed by atoms with van der Waals surface area (Å²) >= 11 is 0. The molecule has 0 fully saturated rings. The summed E-state index contributed by atoms with van der Waals surface area (Å²) in [7, 11) is 1.74. The van der Waals surface area contributed by atoms with E-state index in [1.54, 1.807) is 7.11 Å². The molecule has 2 N–H and O–H groups in total. The van der Waals surface area contributed by atoms with Gasteiger partial charge in [-0.3, -0.25) is 4.90 Å². The monoisotopic (exact) mass is 272 g/mol. The molecule has 20 heavy (non-hydrogen) atoms. The minimum atomic E-state index is 0.237. The van der Waals surface area contributed by atoms with Crippen molar-refractivity contribution in [3.8, 4) is 0 Å². The molecule has 2 aromatic rings. The zero-order valence-electron chi connectivity index (χ0n) is 12.4. The lowest BCUT2D eigenvalue weighted by Crippen LogP contribution is -2.36. The van der Waals surface area contributed by atoms with Crippen molar-refractivity contribution in [2.45, 2.75) is 13.0 Å². The van der Waals surface area contributed by atoms with Gasteiger partial charge >= 0.3 is 0 Å². The van der Waals surface area contributed by atoms with Crippen molar-refractivity contribution < 1.29 is 4.74 Å². The molecule has 3 nitrogen and oxygen atoms in total. The Bertz CT molecular complexity index is 536. The Kier molecular flexibility index (Phi) is 5.53. The van der Waals surface area contributed by atoms with Crippen molar-refractivity contribution >= 4 is 10.8 Å². The van der Waals surface area contributed by atoms with E-state index >= 15 is 0 Å². The highest BCUT2D eigenvalue weighted by atomic mass is 16.5. The van der Waals surface area contributed by atoms with E-state index < -0.39 is 0 Å². The van der Waals surface area contributed by atoms with Crippen LogP contribution in [0.3, 0.4) is 0 Å². The largest absolute Gasteiger partial charge is 0.383 e. The van der Waals surface area contributed by atoms with Crippen molar-refractivity contribution in [3.63, 3.8) is 0 Å². The molecule has 1 atom stereocenters. The van der Waals surface area contributed by atoms with E-state index in [0.717, 1.165) is 19.7 Å². The van der Waals surface area contributed by atoms with Gasteiger partial charge in [0.1, 0.15) is 0 Å². The maximum atomic E-state index is 6.06. The van der Waals surface area contributed by atoms with Gasteiger partial charge in [0, 0.05) is 26.2 Å². The van der Waals surface area contributed by atoms with Crippen molar-refractivity contribution in [1.82, 2.24) is 4.90 Å². The first-order valence-electron chi connectivity index (χ1n) is 7.22. The third-order valence-corrected chi connectivity index (χ3v) is 3.84. The molecule has 108 valence electrons. The third-order valence-electron chi connectivity index (χ3n) is 3.84. The number of nitrogens with zero attached hydrogens (tertiary/aromatic N) is 1. The molecule has 2 aromatic carbocycles. The summed E-state index contributed by atoms with van der Waals surface area (Å²) in [6, 6.07) is 15.2. The number of fused-ring (bicyclic) bond motifs is 1. The predicted molar refractivity (Wildman–Crippen MR) is 84.9 cm³/mol. The van der Waals surface area contributed by atoms with E-state index in [1.165, 1.54) is 16.3 Å². The van der Waals surface area contributed by atoms with E-state index in [-0.39, 0.29) is 6.04 Å². The summed E-state index contributed by atoms with van der Waals surface area (Å²) in [5, 5.41) is 2.56. The van der Waals surface area contributed by atoms with E-state index in [4.69, 9.17) is 10.5 Å². The van der Waals surface area contributed by atoms with Crippen LogP contribution in [0.5, 0.6) is 0 Å². The lowest BCUT2D eigenvalue weighted by molar-refractivity contribution is 0.126. The van der Waals surface area contributed by atoms with Crippen LogP contribution in [0.2, 0.25) is 0 Å². The molecule has 0 heterocycles. The SMILES string of the molecule is CCN(CCOC)C(CN)c1cccc2ccccc12. The van der Waals surface area contributed by atoms with Gasteiger partial charge in [-0.25, -0.2) is 0 Å². The second-order valence-electron chi connectivity index (χ2n) is 4.94. The molecule has 0 aromatic heterocycles. The molecule has 0 aliphatic heterocycles. The molecule has 2 rings (SSSR count). The van der Waals surface area contributed by atoms with Crippen molar-refractivity contribution in [1.29, 1.82) is 0 Å². The van der Waals surface area contributed by atoms with Gasteiger partial charge < -0.3 is 10.5 Å².